The molecule has 2 aromatic carbocycles. The fourth-order valence-electron chi connectivity index (χ4n) is 3.66. The van der Waals surface area contributed by atoms with Crippen LogP contribution < -0.4 is 5.32 Å². The number of nitrogens with one attached hydrogen (secondary N) is 1. The average Bonchev–Trinajstić information content (AvgIpc) is 3.30. The third-order valence-electron chi connectivity index (χ3n) is 5.13. The second-order valence-corrected chi connectivity index (χ2v) is 7.34. The summed E-state index contributed by atoms with van der Waals surface area (Å²) in [7, 11) is 0. The van der Waals surface area contributed by atoms with Crippen LogP contribution in [0, 0.1) is 6.92 Å². The molecule has 144 valence electrons. The molecule has 1 atom stereocenters. The lowest BCUT2D eigenvalue weighted by molar-refractivity contribution is -0.121. The van der Waals surface area contributed by atoms with E-state index >= 15 is 0 Å². The van der Waals surface area contributed by atoms with Crippen molar-refractivity contribution in [3.8, 4) is 11.5 Å². The number of aromatic nitrogens is 1. The standard InChI is InChI=1S/C23H25N3O2/c1-17-21(25-23(28-17)19-10-6-3-7-11-19)14-22(27)24-20-12-13-26(16-20)15-18-8-4-2-5-9-18/h2-11,20H,12-16H2,1H3,(H,24,27). The fourth-order valence-corrected chi connectivity index (χ4v) is 3.66. The van der Waals surface area contributed by atoms with Gasteiger partial charge in [-0.25, -0.2) is 4.98 Å². The minimum absolute atomic E-state index is 0.00238. The second kappa shape index (κ2) is 8.40. The molecule has 1 saturated heterocycles. The van der Waals surface area contributed by atoms with Gasteiger partial charge in [0.25, 0.3) is 0 Å². The van der Waals surface area contributed by atoms with Crippen molar-refractivity contribution in [2.75, 3.05) is 13.1 Å². The van der Waals surface area contributed by atoms with Crippen LogP contribution >= 0.6 is 0 Å². The second-order valence-electron chi connectivity index (χ2n) is 7.34. The number of amides is 1. The smallest absolute Gasteiger partial charge is 0.226 e. The number of oxazole rings is 1. The van der Waals surface area contributed by atoms with Gasteiger partial charge in [0.05, 0.1) is 12.1 Å². The number of hydrogen-bond donors (Lipinski definition) is 1. The first-order valence-electron chi connectivity index (χ1n) is 9.75. The summed E-state index contributed by atoms with van der Waals surface area (Å²) in [6.45, 7) is 4.67. The molecule has 1 unspecified atom stereocenters. The van der Waals surface area contributed by atoms with Gasteiger partial charge in [-0.15, -0.1) is 0 Å². The summed E-state index contributed by atoms with van der Waals surface area (Å²) in [6.07, 6.45) is 1.23. The normalized spacial score (nSPS) is 17.0. The van der Waals surface area contributed by atoms with Crippen molar-refractivity contribution in [3.63, 3.8) is 0 Å². The molecule has 4 rings (SSSR count). The van der Waals surface area contributed by atoms with E-state index in [0.717, 1.165) is 31.6 Å². The van der Waals surface area contributed by atoms with E-state index in [0.29, 0.717) is 17.3 Å². The Morgan fingerprint density at radius 3 is 2.61 bits per heavy atom. The largest absolute Gasteiger partial charge is 0.441 e. The van der Waals surface area contributed by atoms with Crippen LogP contribution in [0.1, 0.15) is 23.4 Å². The minimum Gasteiger partial charge on any atom is -0.441 e. The molecule has 1 amide bonds. The van der Waals surface area contributed by atoms with E-state index in [1.807, 2.05) is 43.3 Å². The molecule has 0 aliphatic carbocycles. The highest BCUT2D eigenvalue weighted by atomic mass is 16.4. The van der Waals surface area contributed by atoms with Crippen LogP contribution in [0.5, 0.6) is 0 Å². The lowest BCUT2D eigenvalue weighted by atomic mass is 10.2. The van der Waals surface area contributed by atoms with Crippen molar-refractivity contribution in [1.82, 2.24) is 15.2 Å². The Kier molecular flexibility index (Phi) is 5.53. The molecule has 5 heteroatoms. The van der Waals surface area contributed by atoms with E-state index < -0.39 is 0 Å². The van der Waals surface area contributed by atoms with Gasteiger partial charge in [0.15, 0.2) is 0 Å². The van der Waals surface area contributed by atoms with Crippen molar-refractivity contribution >= 4 is 5.91 Å². The highest BCUT2D eigenvalue weighted by Crippen LogP contribution is 2.22. The third-order valence-corrected chi connectivity index (χ3v) is 5.13. The highest BCUT2D eigenvalue weighted by molar-refractivity contribution is 5.78. The van der Waals surface area contributed by atoms with E-state index in [2.05, 4.69) is 39.5 Å². The predicted octanol–water partition coefficient (Wildman–Crippen LogP) is 3.58. The molecule has 5 nitrogen and oxygen atoms in total. The molecule has 0 saturated carbocycles. The molecule has 1 aliphatic heterocycles. The fraction of sp³-hybridized carbons (Fsp3) is 0.304. The maximum absolute atomic E-state index is 12.5. The molecule has 28 heavy (non-hydrogen) atoms. The van der Waals surface area contributed by atoms with Crippen molar-refractivity contribution in [2.45, 2.75) is 32.4 Å². The first kappa shape index (κ1) is 18.4. The maximum Gasteiger partial charge on any atom is 0.226 e. The van der Waals surface area contributed by atoms with E-state index in [1.54, 1.807) is 0 Å². The van der Waals surface area contributed by atoms with E-state index in [9.17, 15) is 4.79 Å². The number of benzene rings is 2. The first-order chi connectivity index (χ1) is 13.7. The molecule has 2 heterocycles. The van der Waals surface area contributed by atoms with Gasteiger partial charge in [-0.05, 0) is 31.0 Å². The number of rotatable bonds is 6. The summed E-state index contributed by atoms with van der Waals surface area (Å²) in [5, 5.41) is 3.16. The van der Waals surface area contributed by atoms with Gasteiger partial charge in [-0.3, -0.25) is 9.69 Å². The monoisotopic (exact) mass is 375 g/mol. The summed E-state index contributed by atoms with van der Waals surface area (Å²) >= 11 is 0. The summed E-state index contributed by atoms with van der Waals surface area (Å²) in [5.41, 5.74) is 2.93. The summed E-state index contributed by atoms with van der Waals surface area (Å²) in [4.78, 5) is 19.4. The van der Waals surface area contributed by atoms with Gasteiger partial charge in [-0.1, -0.05) is 48.5 Å². The molecule has 1 fully saturated rings. The van der Waals surface area contributed by atoms with Crippen molar-refractivity contribution < 1.29 is 9.21 Å². The van der Waals surface area contributed by atoms with Gasteiger partial charge in [0, 0.05) is 31.2 Å². The number of carbonyl (C=O) groups is 1. The van der Waals surface area contributed by atoms with Crippen LogP contribution in [0.15, 0.2) is 65.1 Å². The van der Waals surface area contributed by atoms with Gasteiger partial charge >= 0.3 is 0 Å². The summed E-state index contributed by atoms with van der Waals surface area (Å²) < 4.78 is 5.76. The molecule has 1 aromatic heterocycles. The van der Waals surface area contributed by atoms with Gasteiger partial charge < -0.3 is 9.73 Å². The number of carbonyl (C=O) groups excluding carboxylic acids is 1. The molecule has 3 aromatic rings. The van der Waals surface area contributed by atoms with Gasteiger partial charge in [0.1, 0.15) is 5.76 Å². The zero-order valence-electron chi connectivity index (χ0n) is 16.1. The molecular formula is C23H25N3O2. The molecule has 0 radical (unpaired) electrons. The Morgan fingerprint density at radius 2 is 1.86 bits per heavy atom. The number of likely N-dealkylation sites (tertiary alicyclic amines) is 1. The Bertz CT molecular complexity index is 922. The molecular weight excluding hydrogens is 350 g/mol. The van der Waals surface area contributed by atoms with Gasteiger partial charge in [0.2, 0.25) is 11.8 Å². The quantitative estimate of drug-likeness (QED) is 0.715. The van der Waals surface area contributed by atoms with Crippen LogP contribution in [-0.4, -0.2) is 34.9 Å². The molecule has 1 aliphatic rings. The first-order valence-corrected chi connectivity index (χ1v) is 9.75. The van der Waals surface area contributed by atoms with Crippen molar-refractivity contribution in [2.24, 2.45) is 0 Å². The Morgan fingerprint density at radius 1 is 1.14 bits per heavy atom. The number of aryl methyl sites for hydroxylation is 1. The average molecular weight is 375 g/mol. The third kappa shape index (κ3) is 4.49. The van der Waals surface area contributed by atoms with Crippen LogP contribution in [0.4, 0.5) is 0 Å². The van der Waals surface area contributed by atoms with E-state index in [4.69, 9.17) is 4.42 Å². The topological polar surface area (TPSA) is 58.4 Å². The Hall–Kier alpha value is -2.92. The molecule has 1 N–H and O–H groups in total. The van der Waals surface area contributed by atoms with Crippen LogP contribution in [-0.2, 0) is 17.8 Å². The van der Waals surface area contributed by atoms with E-state index in [-0.39, 0.29) is 18.4 Å². The van der Waals surface area contributed by atoms with Crippen LogP contribution in [0.3, 0.4) is 0 Å². The van der Waals surface area contributed by atoms with Crippen LogP contribution in [0.2, 0.25) is 0 Å². The Balaban J connectivity index is 1.31. The predicted molar refractivity (Wildman–Crippen MR) is 109 cm³/mol. The Labute approximate surface area is 165 Å². The minimum atomic E-state index is 0.00238. The summed E-state index contributed by atoms with van der Waals surface area (Å²) in [6, 6.07) is 20.4. The highest BCUT2D eigenvalue weighted by Gasteiger charge is 2.24. The lowest BCUT2D eigenvalue weighted by Crippen LogP contribution is -2.38. The SMILES string of the molecule is Cc1oc(-c2ccccc2)nc1CC(=O)NC1CCN(Cc2ccccc2)C1. The number of nitrogens with zero attached hydrogens (tertiary/aromatic N) is 2. The molecule has 0 bridgehead atoms. The van der Waals surface area contributed by atoms with E-state index in [1.165, 1.54) is 5.56 Å². The van der Waals surface area contributed by atoms with Crippen molar-refractivity contribution in [3.05, 3.63) is 77.7 Å². The van der Waals surface area contributed by atoms with Crippen LogP contribution in [0.25, 0.3) is 11.5 Å². The lowest BCUT2D eigenvalue weighted by Gasteiger charge is -2.16. The van der Waals surface area contributed by atoms with Gasteiger partial charge in [-0.2, -0.15) is 0 Å². The molecule has 0 spiro atoms. The zero-order valence-corrected chi connectivity index (χ0v) is 16.1. The summed E-state index contributed by atoms with van der Waals surface area (Å²) in [5.74, 6) is 1.27. The van der Waals surface area contributed by atoms with Crippen molar-refractivity contribution in [1.29, 1.82) is 0 Å². The zero-order chi connectivity index (χ0) is 19.3. The maximum atomic E-state index is 12.5. The number of hydrogen-bond acceptors (Lipinski definition) is 4.